The van der Waals surface area contributed by atoms with Gasteiger partial charge in [-0.25, -0.2) is 9.97 Å². The first-order valence-corrected chi connectivity index (χ1v) is 7.69. The lowest BCUT2D eigenvalue weighted by molar-refractivity contribution is 0.625. The van der Waals surface area contributed by atoms with Crippen LogP contribution in [0.2, 0.25) is 0 Å². The summed E-state index contributed by atoms with van der Waals surface area (Å²) in [5, 5.41) is 10.1. The van der Waals surface area contributed by atoms with Crippen LogP contribution in [0.1, 0.15) is 36.2 Å². The van der Waals surface area contributed by atoms with Gasteiger partial charge in [-0.2, -0.15) is 5.26 Å². The van der Waals surface area contributed by atoms with Gasteiger partial charge in [0.2, 0.25) is 0 Å². The SMILES string of the molecule is Cc1nc(C)c(-c2nc3cc(C#N)ccc3n2C(C)C)s1. The molecule has 0 unspecified atom stereocenters. The minimum Gasteiger partial charge on any atom is -0.321 e. The summed E-state index contributed by atoms with van der Waals surface area (Å²) < 4.78 is 2.22. The van der Waals surface area contributed by atoms with Crippen LogP contribution < -0.4 is 0 Å². The average Bonchev–Trinajstić information content (AvgIpc) is 2.97. The van der Waals surface area contributed by atoms with Crippen LogP contribution >= 0.6 is 11.3 Å². The Hall–Kier alpha value is -2.19. The topological polar surface area (TPSA) is 54.5 Å². The maximum absolute atomic E-state index is 9.05. The number of rotatable bonds is 2. The molecule has 5 heteroatoms. The van der Waals surface area contributed by atoms with Gasteiger partial charge in [-0.05, 0) is 45.9 Å². The number of benzene rings is 1. The lowest BCUT2D eigenvalue weighted by Gasteiger charge is -2.12. The van der Waals surface area contributed by atoms with E-state index in [1.807, 2.05) is 32.0 Å². The van der Waals surface area contributed by atoms with Crippen molar-refractivity contribution in [3.8, 4) is 16.8 Å². The van der Waals surface area contributed by atoms with Gasteiger partial charge in [0.25, 0.3) is 0 Å². The van der Waals surface area contributed by atoms with E-state index in [-0.39, 0.29) is 0 Å². The fourth-order valence-corrected chi connectivity index (χ4v) is 3.50. The van der Waals surface area contributed by atoms with Gasteiger partial charge >= 0.3 is 0 Å². The lowest BCUT2D eigenvalue weighted by Crippen LogP contribution is -2.02. The zero-order valence-corrected chi connectivity index (χ0v) is 13.3. The van der Waals surface area contributed by atoms with E-state index in [4.69, 9.17) is 10.2 Å². The fourth-order valence-electron chi connectivity index (χ4n) is 2.59. The monoisotopic (exact) mass is 296 g/mol. The molecule has 0 saturated heterocycles. The Balaban J connectivity index is 2.34. The highest BCUT2D eigenvalue weighted by Gasteiger charge is 2.19. The summed E-state index contributed by atoms with van der Waals surface area (Å²) >= 11 is 1.66. The number of nitriles is 1. The molecule has 0 N–H and O–H groups in total. The van der Waals surface area contributed by atoms with Crippen molar-refractivity contribution in [3.05, 3.63) is 34.5 Å². The maximum Gasteiger partial charge on any atom is 0.153 e. The molecule has 0 radical (unpaired) electrons. The predicted octanol–water partition coefficient (Wildman–Crippen LogP) is 4.23. The molecule has 0 bridgehead atoms. The van der Waals surface area contributed by atoms with E-state index in [0.717, 1.165) is 32.4 Å². The molecule has 4 nitrogen and oxygen atoms in total. The van der Waals surface area contributed by atoms with Crippen molar-refractivity contribution in [1.82, 2.24) is 14.5 Å². The van der Waals surface area contributed by atoms with E-state index in [2.05, 4.69) is 29.5 Å². The Kier molecular flexibility index (Phi) is 3.26. The minimum absolute atomic E-state index is 0.291. The molecule has 0 aliphatic heterocycles. The molecule has 1 aromatic carbocycles. The second-order valence-electron chi connectivity index (χ2n) is 5.36. The number of hydrogen-bond acceptors (Lipinski definition) is 4. The van der Waals surface area contributed by atoms with Gasteiger partial charge in [-0.15, -0.1) is 11.3 Å². The predicted molar refractivity (Wildman–Crippen MR) is 85.4 cm³/mol. The van der Waals surface area contributed by atoms with Gasteiger partial charge in [-0.1, -0.05) is 0 Å². The molecule has 3 aromatic rings. The standard InChI is InChI=1S/C16H16N4S/c1-9(2)20-14-6-5-12(8-17)7-13(14)19-16(20)15-10(3)18-11(4)21-15/h5-7,9H,1-4H3. The molecule has 0 aliphatic carbocycles. The summed E-state index contributed by atoms with van der Waals surface area (Å²) in [4.78, 5) is 10.4. The van der Waals surface area contributed by atoms with Crippen molar-refractivity contribution in [2.75, 3.05) is 0 Å². The summed E-state index contributed by atoms with van der Waals surface area (Å²) in [5.41, 5.74) is 3.57. The molecule has 0 amide bonds. The first kappa shape index (κ1) is 13.8. The zero-order chi connectivity index (χ0) is 15.1. The van der Waals surface area contributed by atoms with Crippen molar-refractivity contribution >= 4 is 22.4 Å². The highest BCUT2D eigenvalue weighted by atomic mass is 32.1. The fraction of sp³-hybridized carbons (Fsp3) is 0.312. The summed E-state index contributed by atoms with van der Waals surface area (Å²) in [6.07, 6.45) is 0. The van der Waals surface area contributed by atoms with Crippen LogP contribution in [0, 0.1) is 25.2 Å². The number of aromatic nitrogens is 3. The number of aryl methyl sites for hydroxylation is 2. The molecule has 106 valence electrons. The molecule has 0 fully saturated rings. The van der Waals surface area contributed by atoms with Crippen molar-refractivity contribution in [1.29, 1.82) is 5.26 Å². The van der Waals surface area contributed by atoms with Crippen LogP contribution in [-0.4, -0.2) is 14.5 Å². The summed E-state index contributed by atoms with van der Waals surface area (Å²) in [6.45, 7) is 8.32. The third-order valence-corrected chi connectivity index (χ3v) is 4.51. The number of fused-ring (bicyclic) bond motifs is 1. The Labute approximate surface area is 127 Å². The number of nitrogens with zero attached hydrogens (tertiary/aromatic N) is 4. The van der Waals surface area contributed by atoms with E-state index in [0.29, 0.717) is 11.6 Å². The minimum atomic E-state index is 0.291. The normalized spacial score (nSPS) is 11.2. The molecular formula is C16H16N4S. The molecule has 3 rings (SSSR count). The largest absolute Gasteiger partial charge is 0.321 e. The molecule has 0 aliphatic rings. The zero-order valence-electron chi connectivity index (χ0n) is 12.5. The van der Waals surface area contributed by atoms with E-state index in [1.54, 1.807) is 11.3 Å². The molecule has 2 aromatic heterocycles. The molecular weight excluding hydrogens is 280 g/mol. The lowest BCUT2D eigenvalue weighted by atomic mass is 10.2. The maximum atomic E-state index is 9.05. The Morgan fingerprint density at radius 2 is 2.00 bits per heavy atom. The van der Waals surface area contributed by atoms with E-state index in [1.165, 1.54) is 0 Å². The van der Waals surface area contributed by atoms with Gasteiger partial charge in [0.15, 0.2) is 5.82 Å². The Bertz CT molecular complexity index is 864. The van der Waals surface area contributed by atoms with Gasteiger partial charge in [0, 0.05) is 6.04 Å². The summed E-state index contributed by atoms with van der Waals surface area (Å²) in [5.74, 6) is 0.943. The van der Waals surface area contributed by atoms with E-state index >= 15 is 0 Å². The molecule has 0 spiro atoms. The average molecular weight is 296 g/mol. The van der Waals surface area contributed by atoms with Crippen molar-refractivity contribution in [3.63, 3.8) is 0 Å². The summed E-state index contributed by atoms with van der Waals surface area (Å²) in [6, 6.07) is 8.14. The van der Waals surface area contributed by atoms with Crippen LogP contribution in [-0.2, 0) is 0 Å². The van der Waals surface area contributed by atoms with Crippen molar-refractivity contribution < 1.29 is 0 Å². The van der Waals surface area contributed by atoms with Crippen LogP contribution in [0.15, 0.2) is 18.2 Å². The Morgan fingerprint density at radius 3 is 2.57 bits per heavy atom. The van der Waals surface area contributed by atoms with E-state index in [9.17, 15) is 0 Å². The molecule has 0 atom stereocenters. The number of hydrogen-bond donors (Lipinski definition) is 0. The van der Waals surface area contributed by atoms with Gasteiger partial charge in [0.05, 0.1) is 38.2 Å². The highest BCUT2D eigenvalue weighted by molar-refractivity contribution is 7.15. The van der Waals surface area contributed by atoms with Crippen LogP contribution in [0.25, 0.3) is 21.7 Å². The number of thiazole rings is 1. The van der Waals surface area contributed by atoms with Crippen molar-refractivity contribution in [2.45, 2.75) is 33.7 Å². The smallest absolute Gasteiger partial charge is 0.153 e. The van der Waals surface area contributed by atoms with Gasteiger partial charge in [0.1, 0.15) is 0 Å². The van der Waals surface area contributed by atoms with Crippen LogP contribution in [0.4, 0.5) is 0 Å². The second kappa shape index (κ2) is 4.97. The first-order chi connectivity index (χ1) is 10.0. The molecule has 21 heavy (non-hydrogen) atoms. The van der Waals surface area contributed by atoms with Crippen LogP contribution in [0.5, 0.6) is 0 Å². The molecule has 2 heterocycles. The first-order valence-electron chi connectivity index (χ1n) is 6.87. The molecule has 0 saturated carbocycles. The third-order valence-electron chi connectivity index (χ3n) is 3.44. The van der Waals surface area contributed by atoms with Gasteiger partial charge < -0.3 is 4.57 Å². The third kappa shape index (κ3) is 2.22. The highest BCUT2D eigenvalue weighted by Crippen LogP contribution is 2.34. The quantitative estimate of drug-likeness (QED) is 0.711. The van der Waals surface area contributed by atoms with Gasteiger partial charge in [-0.3, -0.25) is 0 Å². The second-order valence-corrected chi connectivity index (χ2v) is 6.57. The van der Waals surface area contributed by atoms with Crippen LogP contribution in [0.3, 0.4) is 0 Å². The summed E-state index contributed by atoms with van der Waals surface area (Å²) in [7, 11) is 0. The number of imidazole rings is 1. The van der Waals surface area contributed by atoms with E-state index < -0.39 is 0 Å². The van der Waals surface area contributed by atoms with Crippen molar-refractivity contribution in [2.24, 2.45) is 0 Å². The Morgan fingerprint density at radius 1 is 1.24 bits per heavy atom.